The lowest BCUT2D eigenvalue weighted by molar-refractivity contribution is -0.138. The molecule has 0 unspecified atom stereocenters. The van der Waals surface area contributed by atoms with Crippen molar-refractivity contribution in [2.24, 2.45) is 5.92 Å². The second-order valence-corrected chi connectivity index (χ2v) is 3.89. The fraction of sp³-hybridized carbons (Fsp3) is 0.636. The molecule has 1 aliphatic rings. The van der Waals surface area contributed by atoms with E-state index in [9.17, 15) is 9.59 Å². The standard InChI is InChI=1S/C11H17NO4/c1-2-7-16-11(15)12-5-3-9(4-6-12)8-10(13)14/h2,9H,1,3-8H2,(H,13,14). The van der Waals surface area contributed by atoms with Crippen LogP contribution in [0.2, 0.25) is 0 Å². The number of likely N-dealkylation sites (tertiary alicyclic amines) is 1. The lowest BCUT2D eigenvalue weighted by atomic mass is 9.94. The summed E-state index contributed by atoms with van der Waals surface area (Å²) in [5.74, 6) is -0.589. The maximum atomic E-state index is 11.4. The molecule has 0 aromatic heterocycles. The molecule has 0 radical (unpaired) electrons. The molecule has 0 saturated carbocycles. The molecule has 1 fully saturated rings. The number of rotatable bonds is 4. The monoisotopic (exact) mass is 227 g/mol. The predicted octanol–water partition coefficient (Wildman–Crippen LogP) is 1.50. The first-order valence-electron chi connectivity index (χ1n) is 5.38. The summed E-state index contributed by atoms with van der Waals surface area (Å²) in [5, 5.41) is 8.64. The first-order chi connectivity index (χ1) is 7.63. The van der Waals surface area contributed by atoms with Crippen LogP contribution in [-0.2, 0) is 9.53 Å². The lowest BCUT2D eigenvalue weighted by Gasteiger charge is -2.30. The maximum absolute atomic E-state index is 11.4. The molecule has 1 heterocycles. The van der Waals surface area contributed by atoms with Gasteiger partial charge in [-0.2, -0.15) is 0 Å². The summed E-state index contributed by atoms with van der Waals surface area (Å²) < 4.78 is 4.90. The van der Waals surface area contributed by atoms with Crippen molar-refractivity contribution in [1.29, 1.82) is 0 Å². The number of amides is 1. The van der Waals surface area contributed by atoms with E-state index in [2.05, 4.69) is 6.58 Å². The van der Waals surface area contributed by atoms with Crippen molar-refractivity contribution < 1.29 is 19.4 Å². The minimum atomic E-state index is -0.771. The van der Waals surface area contributed by atoms with Gasteiger partial charge in [-0.1, -0.05) is 12.7 Å². The van der Waals surface area contributed by atoms with Crippen LogP contribution < -0.4 is 0 Å². The average molecular weight is 227 g/mol. The molecule has 0 spiro atoms. The first-order valence-corrected chi connectivity index (χ1v) is 5.38. The Labute approximate surface area is 94.7 Å². The van der Waals surface area contributed by atoms with Crippen molar-refractivity contribution in [2.75, 3.05) is 19.7 Å². The molecule has 0 atom stereocenters. The van der Waals surface area contributed by atoms with Gasteiger partial charge >= 0.3 is 12.1 Å². The summed E-state index contributed by atoms with van der Waals surface area (Å²) in [7, 11) is 0. The number of piperidine rings is 1. The third-order valence-corrected chi connectivity index (χ3v) is 2.66. The van der Waals surface area contributed by atoms with Gasteiger partial charge in [-0.3, -0.25) is 4.79 Å². The van der Waals surface area contributed by atoms with Gasteiger partial charge in [0.2, 0.25) is 0 Å². The van der Waals surface area contributed by atoms with Gasteiger partial charge in [0, 0.05) is 19.5 Å². The fourth-order valence-corrected chi connectivity index (χ4v) is 1.79. The molecule has 5 heteroatoms. The van der Waals surface area contributed by atoms with Crippen LogP contribution in [0, 0.1) is 5.92 Å². The Morgan fingerprint density at radius 2 is 2.06 bits per heavy atom. The summed E-state index contributed by atoms with van der Waals surface area (Å²) in [4.78, 5) is 23.5. The number of hydrogen-bond donors (Lipinski definition) is 1. The molecule has 1 amide bonds. The number of carboxylic acid groups (broad SMARTS) is 1. The van der Waals surface area contributed by atoms with E-state index in [0.29, 0.717) is 13.1 Å². The van der Waals surface area contributed by atoms with E-state index in [1.165, 1.54) is 6.08 Å². The summed E-state index contributed by atoms with van der Waals surface area (Å²) in [6.45, 7) is 4.83. The van der Waals surface area contributed by atoms with Gasteiger partial charge in [-0.05, 0) is 18.8 Å². The third kappa shape index (κ3) is 3.92. The topological polar surface area (TPSA) is 66.8 Å². The Morgan fingerprint density at radius 3 is 2.56 bits per heavy atom. The van der Waals surface area contributed by atoms with E-state index >= 15 is 0 Å². The van der Waals surface area contributed by atoms with Crippen LogP contribution in [0.4, 0.5) is 4.79 Å². The van der Waals surface area contributed by atoms with Crippen LogP contribution in [0.15, 0.2) is 12.7 Å². The van der Waals surface area contributed by atoms with Gasteiger partial charge in [0.1, 0.15) is 6.61 Å². The van der Waals surface area contributed by atoms with Gasteiger partial charge in [0.25, 0.3) is 0 Å². The molecule has 1 N–H and O–H groups in total. The molecule has 1 aliphatic heterocycles. The normalized spacial score (nSPS) is 16.9. The SMILES string of the molecule is C=CCOC(=O)N1CCC(CC(=O)O)CC1. The zero-order valence-corrected chi connectivity index (χ0v) is 9.22. The number of hydrogen-bond acceptors (Lipinski definition) is 3. The van der Waals surface area contributed by atoms with Crippen LogP contribution in [0.25, 0.3) is 0 Å². The minimum Gasteiger partial charge on any atom is -0.481 e. The maximum Gasteiger partial charge on any atom is 0.410 e. The van der Waals surface area contributed by atoms with Crippen LogP contribution >= 0.6 is 0 Å². The van der Waals surface area contributed by atoms with Gasteiger partial charge in [0.05, 0.1) is 0 Å². The molecule has 0 aromatic carbocycles. The van der Waals surface area contributed by atoms with Crippen LogP contribution in [0.1, 0.15) is 19.3 Å². The van der Waals surface area contributed by atoms with Crippen LogP contribution in [-0.4, -0.2) is 41.8 Å². The van der Waals surface area contributed by atoms with Crippen LogP contribution in [0.3, 0.4) is 0 Å². The molecule has 1 rings (SSSR count). The van der Waals surface area contributed by atoms with Crippen molar-refractivity contribution in [2.45, 2.75) is 19.3 Å². The molecule has 0 aliphatic carbocycles. The third-order valence-electron chi connectivity index (χ3n) is 2.66. The van der Waals surface area contributed by atoms with Crippen molar-refractivity contribution in [3.8, 4) is 0 Å². The molecular weight excluding hydrogens is 210 g/mol. The van der Waals surface area contributed by atoms with E-state index in [1.807, 2.05) is 0 Å². The summed E-state index contributed by atoms with van der Waals surface area (Å²) in [6, 6.07) is 0. The molecule has 5 nitrogen and oxygen atoms in total. The highest BCUT2D eigenvalue weighted by Gasteiger charge is 2.24. The molecule has 90 valence electrons. The number of carboxylic acids is 1. The number of aliphatic carboxylic acids is 1. The van der Waals surface area contributed by atoms with E-state index < -0.39 is 5.97 Å². The van der Waals surface area contributed by atoms with Gasteiger partial charge < -0.3 is 14.7 Å². The highest BCUT2D eigenvalue weighted by atomic mass is 16.6. The molecule has 0 bridgehead atoms. The zero-order chi connectivity index (χ0) is 12.0. The fourth-order valence-electron chi connectivity index (χ4n) is 1.79. The van der Waals surface area contributed by atoms with E-state index in [0.717, 1.165) is 12.8 Å². The predicted molar refractivity (Wildman–Crippen MR) is 58.1 cm³/mol. The Kier molecular flexibility index (Phi) is 4.82. The number of carbonyl (C=O) groups excluding carboxylic acids is 1. The zero-order valence-electron chi connectivity index (χ0n) is 9.22. The van der Waals surface area contributed by atoms with E-state index in [1.54, 1.807) is 4.90 Å². The number of carbonyl (C=O) groups is 2. The lowest BCUT2D eigenvalue weighted by Crippen LogP contribution is -2.39. The van der Waals surface area contributed by atoms with E-state index in [4.69, 9.17) is 9.84 Å². The van der Waals surface area contributed by atoms with Crippen LogP contribution in [0.5, 0.6) is 0 Å². The van der Waals surface area contributed by atoms with Crippen molar-refractivity contribution >= 4 is 12.1 Å². The summed E-state index contributed by atoms with van der Waals surface area (Å²) in [5.41, 5.74) is 0. The minimum absolute atomic E-state index is 0.181. The van der Waals surface area contributed by atoms with Gasteiger partial charge in [-0.15, -0.1) is 0 Å². The summed E-state index contributed by atoms with van der Waals surface area (Å²) >= 11 is 0. The average Bonchev–Trinajstić information content (AvgIpc) is 2.26. The second kappa shape index (κ2) is 6.15. The molecule has 0 aromatic rings. The summed E-state index contributed by atoms with van der Waals surface area (Å²) in [6.07, 6.45) is 2.84. The Balaban J connectivity index is 2.28. The van der Waals surface area contributed by atoms with E-state index in [-0.39, 0.29) is 25.0 Å². The second-order valence-electron chi connectivity index (χ2n) is 3.89. The Hall–Kier alpha value is -1.52. The molecule has 1 saturated heterocycles. The van der Waals surface area contributed by atoms with Crippen molar-refractivity contribution in [3.63, 3.8) is 0 Å². The number of ether oxygens (including phenoxy) is 1. The molecular formula is C11H17NO4. The Bertz CT molecular complexity index is 269. The van der Waals surface area contributed by atoms with Crippen molar-refractivity contribution in [1.82, 2.24) is 4.90 Å². The molecule has 16 heavy (non-hydrogen) atoms. The first kappa shape index (κ1) is 12.5. The van der Waals surface area contributed by atoms with Gasteiger partial charge in [-0.25, -0.2) is 4.79 Å². The number of nitrogens with zero attached hydrogens (tertiary/aromatic N) is 1. The van der Waals surface area contributed by atoms with Crippen molar-refractivity contribution in [3.05, 3.63) is 12.7 Å². The highest BCUT2D eigenvalue weighted by molar-refractivity contribution is 5.68. The largest absolute Gasteiger partial charge is 0.481 e. The Morgan fingerprint density at radius 1 is 1.44 bits per heavy atom. The smallest absolute Gasteiger partial charge is 0.410 e. The van der Waals surface area contributed by atoms with Gasteiger partial charge in [0.15, 0.2) is 0 Å². The quantitative estimate of drug-likeness (QED) is 0.739. The highest BCUT2D eigenvalue weighted by Crippen LogP contribution is 2.20.